The lowest BCUT2D eigenvalue weighted by molar-refractivity contribution is 0.0796. The van der Waals surface area contributed by atoms with Crippen molar-refractivity contribution in [2.75, 3.05) is 34.3 Å². The number of carbonyl (C=O) groups excluding carboxylic acids is 1. The molecular formula is C13H20N2O2. The molecule has 0 aliphatic rings. The fourth-order valence-corrected chi connectivity index (χ4v) is 1.55. The van der Waals surface area contributed by atoms with E-state index in [4.69, 9.17) is 4.74 Å². The summed E-state index contributed by atoms with van der Waals surface area (Å²) in [4.78, 5) is 13.8. The van der Waals surface area contributed by atoms with Crippen LogP contribution >= 0.6 is 0 Å². The van der Waals surface area contributed by atoms with Crippen LogP contribution in [0, 0.1) is 6.92 Å². The number of nitrogens with one attached hydrogen (secondary N) is 1. The number of likely N-dealkylation sites (N-methyl/N-ethyl adjacent to an activating group) is 2. The fourth-order valence-electron chi connectivity index (χ4n) is 1.55. The van der Waals surface area contributed by atoms with Crippen molar-refractivity contribution < 1.29 is 9.53 Å². The SMILES string of the molecule is CNCCN(C)C(=O)c1ccc(C)c(OC)c1. The number of ether oxygens (including phenoxy) is 1. The summed E-state index contributed by atoms with van der Waals surface area (Å²) in [5, 5.41) is 3.02. The van der Waals surface area contributed by atoms with Gasteiger partial charge in [-0.05, 0) is 31.7 Å². The van der Waals surface area contributed by atoms with Gasteiger partial charge in [0.15, 0.2) is 0 Å². The molecule has 0 saturated carbocycles. The number of rotatable bonds is 5. The molecule has 1 aromatic rings. The number of benzene rings is 1. The predicted molar refractivity (Wildman–Crippen MR) is 68.6 cm³/mol. The molecule has 1 N–H and O–H groups in total. The minimum absolute atomic E-state index is 0.0125. The molecule has 4 nitrogen and oxygen atoms in total. The van der Waals surface area contributed by atoms with E-state index in [9.17, 15) is 4.79 Å². The summed E-state index contributed by atoms with van der Waals surface area (Å²) in [6.45, 7) is 3.43. The Bertz CT molecular complexity index is 391. The highest BCUT2D eigenvalue weighted by atomic mass is 16.5. The van der Waals surface area contributed by atoms with Crippen molar-refractivity contribution in [2.45, 2.75) is 6.92 Å². The third kappa shape index (κ3) is 3.46. The van der Waals surface area contributed by atoms with E-state index in [1.807, 2.05) is 26.1 Å². The van der Waals surface area contributed by atoms with Gasteiger partial charge in [0.2, 0.25) is 0 Å². The highest BCUT2D eigenvalue weighted by molar-refractivity contribution is 5.94. The average Bonchev–Trinajstić information content (AvgIpc) is 2.35. The Kier molecular flexibility index (Phi) is 4.97. The van der Waals surface area contributed by atoms with Gasteiger partial charge in [0.1, 0.15) is 5.75 Å². The molecule has 0 radical (unpaired) electrons. The average molecular weight is 236 g/mol. The molecular weight excluding hydrogens is 216 g/mol. The summed E-state index contributed by atoms with van der Waals surface area (Å²) in [7, 11) is 5.28. The molecule has 0 aliphatic carbocycles. The topological polar surface area (TPSA) is 41.6 Å². The van der Waals surface area contributed by atoms with Gasteiger partial charge < -0.3 is 15.0 Å². The van der Waals surface area contributed by atoms with Gasteiger partial charge in [-0.3, -0.25) is 4.79 Å². The molecule has 1 amide bonds. The largest absolute Gasteiger partial charge is 0.496 e. The van der Waals surface area contributed by atoms with Crippen LogP contribution in [-0.4, -0.2) is 45.1 Å². The normalized spacial score (nSPS) is 10.1. The molecule has 94 valence electrons. The number of methoxy groups -OCH3 is 1. The van der Waals surface area contributed by atoms with E-state index in [1.54, 1.807) is 25.1 Å². The highest BCUT2D eigenvalue weighted by Gasteiger charge is 2.12. The number of hydrogen-bond donors (Lipinski definition) is 1. The smallest absolute Gasteiger partial charge is 0.253 e. The number of aryl methyl sites for hydroxylation is 1. The maximum atomic E-state index is 12.1. The van der Waals surface area contributed by atoms with Crippen LogP contribution in [0.1, 0.15) is 15.9 Å². The summed E-state index contributed by atoms with van der Waals surface area (Å²) in [6, 6.07) is 5.52. The van der Waals surface area contributed by atoms with Gasteiger partial charge in [0.25, 0.3) is 5.91 Å². The number of carbonyl (C=O) groups is 1. The van der Waals surface area contributed by atoms with Gasteiger partial charge in [-0.15, -0.1) is 0 Å². The lowest BCUT2D eigenvalue weighted by atomic mass is 10.1. The zero-order chi connectivity index (χ0) is 12.8. The van der Waals surface area contributed by atoms with E-state index in [2.05, 4.69) is 5.32 Å². The van der Waals surface area contributed by atoms with Crippen LogP contribution in [-0.2, 0) is 0 Å². The molecule has 4 heteroatoms. The minimum atomic E-state index is 0.0125. The zero-order valence-electron chi connectivity index (χ0n) is 10.9. The van der Waals surface area contributed by atoms with Gasteiger partial charge >= 0.3 is 0 Å². The first kappa shape index (κ1) is 13.5. The second-order valence-electron chi connectivity index (χ2n) is 4.01. The molecule has 1 rings (SSSR count). The quantitative estimate of drug-likeness (QED) is 0.837. The molecule has 1 aromatic carbocycles. The molecule has 0 fully saturated rings. The second-order valence-corrected chi connectivity index (χ2v) is 4.01. The molecule has 0 unspecified atom stereocenters. The van der Waals surface area contributed by atoms with Crippen molar-refractivity contribution in [3.63, 3.8) is 0 Å². The molecule has 0 atom stereocenters. The first-order valence-electron chi connectivity index (χ1n) is 5.65. The highest BCUT2D eigenvalue weighted by Crippen LogP contribution is 2.19. The van der Waals surface area contributed by atoms with Gasteiger partial charge in [-0.1, -0.05) is 6.07 Å². The first-order valence-corrected chi connectivity index (χ1v) is 5.65. The molecule has 0 aromatic heterocycles. The van der Waals surface area contributed by atoms with Crippen molar-refractivity contribution >= 4 is 5.91 Å². The van der Waals surface area contributed by atoms with Crippen molar-refractivity contribution in [3.05, 3.63) is 29.3 Å². The maximum Gasteiger partial charge on any atom is 0.253 e. The summed E-state index contributed by atoms with van der Waals surface area (Å²) in [5.41, 5.74) is 1.69. The van der Waals surface area contributed by atoms with E-state index in [0.29, 0.717) is 12.1 Å². The van der Waals surface area contributed by atoms with Gasteiger partial charge in [-0.2, -0.15) is 0 Å². The van der Waals surface area contributed by atoms with Crippen molar-refractivity contribution in [1.82, 2.24) is 10.2 Å². The third-order valence-corrected chi connectivity index (χ3v) is 2.70. The van der Waals surface area contributed by atoms with Gasteiger partial charge in [0, 0.05) is 25.7 Å². The van der Waals surface area contributed by atoms with E-state index in [-0.39, 0.29) is 5.91 Å². The Labute approximate surface area is 103 Å². The molecule has 0 bridgehead atoms. The molecule has 0 saturated heterocycles. The molecule has 0 aliphatic heterocycles. The van der Waals surface area contributed by atoms with Crippen LogP contribution in [0.3, 0.4) is 0 Å². The number of hydrogen-bond acceptors (Lipinski definition) is 3. The van der Waals surface area contributed by atoms with Crippen molar-refractivity contribution in [2.24, 2.45) is 0 Å². The van der Waals surface area contributed by atoms with Crippen molar-refractivity contribution in [3.8, 4) is 5.75 Å². The summed E-state index contributed by atoms with van der Waals surface area (Å²) in [6.07, 6.45) is 0. The monoisotopic (exact) mass is 236 g/mol. The summed E-state index contributed by atoms with van der Waals surface area (Å²) >= 11 is 0. The lowest BCUT2D eigenvalue weighted by Crippen LogP contribution is -2.32. The minimum Gasteiger partial charge on any atom is -0.496 e. The molecule has 0 spiro atoms. The lowest BCUT2D eigenvalue weighted by Gasteiger charge is -2.17. The Morgan fingerprint density at radius 1 is 1.47 bits per heavy atom. The molecule has 17 heavy (non-hydrogen) atoms. The van der Waals surface area contributed by atoms with E-state index in [1.165, 1.54) is 0 Å². The van der Waals surface area contributed by atoms with Crippen LogP contribution in [0.25, 0.3) is 0 Å². The number of nitrogens with zero attached hydrogens (tertiary/aromatic N) is 1. The zero-order valence-corrected chi connectivity index (χ0v) is 10.9. The summed E-state index contributed by atoms with van der Waals surface area (Å²) in [5.74, 6) is 0.761. The fraction of sp³-hybridized carbons (Fsp3) is 0.462. The standard InChI is InChI=1S/C13H20N2O2/c1-10-5-6-11(9-12(10)17-4)13(16)15(3)8-7-14-2/h5-6,9,14H,7-8H2,1-4H3. The van der Waals surface area contributed by atoms with Crippen LogP contribution in [0.4, 0.5) is 0 Å². The summed E-state index contributed by atoms with van der Waals surface area (Å²) < 4.78 is 5.21. The van der Waals surface area contributed by atoms with Crippen LogP contribution < -0.4 is 10.1 Å². The van der Waals surface area contributed by atoms with Crippen molar-refractivity contribution in [1.29, 1.82) is 0 Å². The first-order chi connectivity index (χ1) is 8.10. The van der Waals surface area contributed by atoms with Gasteiger partial charge in [-0.25, -0.2) is 0 Å². The predicted octanol–water partition coefficient (Wildman–Crippen LogP) is 1.30. The Balaban J connectivity index is 2.81. The van der Waals surface area contributed by atoms with Crippen LogP contribution in [0.5, 0.6) is 5.75 Å². The van der Waals surface area contributed by atoms with E-state index >= 15 is 0 Å². The second kappa shape index (κ2) is 6.25. The Morgan fingerprint density at radius 3 is 2.76 bits per heavy atom. The maximum absolute atomic E-state index is 12.1. The third-order valence-electron chi connectivity index (χ3n) is 2.70. The van der Waals surface area contributed by atoms with Crippen LogP contribution in [0.15, 0.2) is 18.2 Å². The van der Waals surface area contributed by atoms with Gasteiger partial charge in [0.05, 0.1) is 7.11 Å². The Hall–Kier alpha value is -1.55. The van der Waals surface area contributed by atoms with Crippen LogP contribution in [0.2, 0.25) is 0 Å². The molecule has 0 heterocycles. The number of amides is 1. The van der Waals surface area contributed by atoms with E-state index in [0.717, 1.165) is 17.9 Å². The Morgan fingerprint density at radius 2 is 2.18 bits per heavy atom. The van der Waals surface area contributed by atoms with E-state index < -0.39 is 0 Å².